The first kappa shape index (κ1) is 53.3. The van der Waals surface area contributed by atoms with Crippen LogP contribution in [0.5, 0.6) is 0 Å². The summed E-state index contributed by atoms with van der Waals surface area (Å²) in [5.41, 5.74) is 5.74. The number of nitrogens with zero attached hydrogens (tertiary/aromatic N) is 4. The van der Waals surface area contributed by atoms with Gasteiger partial charge in [-0.05, 0) is 42.0 Å². The standard InChI is InChI=1S/C43H51ClF2N8O12S/c1-5-24(4)36(51-37(56)30(15-23(2)3)50-38(57)31-20-48-13-14-49-31)41(60)53-21-28(66-22-25-9-7-6-8-10-25)19-32(53)40(59)54(35(55)18-27(47)17-34(45)46)42(61)39(58)52-67(64,65)33-16-26(43(62)63)11-12-29(33)44/h6-14,16,20,23-24,27-28,30,32,34,36H,5,15,17-19,21-22,47H2,1-4H3,(H,50,57)(H,51,56)(H,52,58)(H,62,63)/t24-,27+,28+,30-,32-,36-/m0/s1. The van der Waals surface area contributed by atoms with E-state index in [1.165, 1.54) is 23.3 Å². The van der Waals surface area contributed by atoms with Gasteiger partial charge in [-0.15, -0.1) is 0 Å². The third kappa shape index (κ3) is 14.6. The van der Waals surface area contributed by atoms with Crippen LogP contribution in [0.1, 0.15) is 86.2 Å². The van der Waals surface area contributed by atoms with Crippen LogP contribution in [0.15, 0.2) is 72.0 Å². The number of aromatic carboxylic acids is 1. The van der Waals surface area contributed by atoms with Gasteiger partial charge in [0.15, 0.2) is 0 Å². The largest absolute Gasteiger partial charge is 0.478 e. The van der Waals surface area contributed by atoms with E-state index in [1.807, 2.05) is 0 Å². The zero-order valence-electron chi connectivity index (χ0n) is 36.8. The van der Waals surface area contributed by atoms with Crippen molar-refractivity contribution in [3.8, 4) is 0 Å². The number of carboxylic acids is 1. The second kappa shape index (κ2) is 23.9. The summed E-state index contributed by atoms with van der Waals surface area (Å²) >= 11 is 6.00. The Bertz CT molecular complexity index is 2420. The normalized spacial score (nSPS) is 16.7. The predicted molar refractivity (Wildman–Crippen MR) is 233 cm³/mol. The van der Waals surface area contributed by atoms with Crippen LogP contribution in [-0.2, 0) is 50.1 Å². The van der Waals surface area contributed by atoms with Crippen LogP contribution in [0.2, 0.25) is 5.02 Å². The average molecular weight is 977 g/mol. The van der Waals surface area contributed by atoms with Crippen LogP contribution in [0.4, 0.5) is 8.78 Å². The molecule has 0 aliphatic carbocycles. The molecule has 0 radical (unpaired) electrons. The molecule has 67 heavy (non-hydrogen) atoms. The van der Waals surface area contributed by atoms with Crippen molar-refractivity contribution in [2.75, 3.05) is 6.54 Å². The van der Waals surface area contributed by atoms with Crippen molar-refractivity contribution < 1.29 is 65.4 Å². The molecule has 1 saturated heterocycles. The molecule has 6 N–H and O–H groups in total. The predicted octanol–water partition coefficient (Wildman–Crippen LogP) is 2.45. The van der Waals surface area contributed by atoms with E-state index < -0.39 is 141 Å². The average Bonchev–Trinajstić information content (AvgIpc) is 3.71. The highest BCUT2D eigenvalue weighted by Crippen LogP contribution is 2.28. The molecular weight excluding hydrogens is 926 g/mol. The Kier molecular flexibility index (Phi) is 19.0. The van der Waals surface area contributed by atoms with Gasteiger partial charge in [-0.2, -0.15) is 0 Å². The lowest BCUT2D eigenvalue weighted by Gasteiger charge is -2.33. The van der Waals surface area contributed by atoms with Gasteiger partial charge in [-0.3, -0.25) is 38.5 Å². The minimum absolute atomic E-state index is 0.0572. The molecular formula is C43H51ClF2N8O12S. The van der Waals surface area contributed by atoms with E-state index in [1.54, 1.807) is 58.0 Å². The molecule has 0 bridgehead atoms. The molecule has 4 rings (SSSR count). The Morgan fingerprint density at radius 1 is 1.00 bits per heavy atom. The molecule has 362 valence electrons. The number of nitrogens with two attached hydrogens (primary N) is 1. The second-order valence-electron chi connectivity index (χ2n) is 16.1. The molecule has 0 spiro atoms. The van der Waals surface area contributed by atoms with Crippen LogP contribution in [-0.4, -0.2) is 124 Å². The molecule has 0 unspecified atom stereocenters. The van der Waals surface area contributed by atoms with Crippen molar-refractivity contribution in [2.24, 2.45) is 17.6 Å². The summed E-state index contributed by atoms with van der Waals surface area (Å²) in [6, 6.07) is 4.86. The van der Waals surface area contributed by atoms with Crippen LogP contribution in [0, 0.1) is 11.8 Å². The van der Waals surface area contributed by atoms with Gasteiger partial charge in [0.2, 0.25) is 24.1 Å². The summed E-state index contributed by atoms with van der Waals surface area (Å²) in [5.74, 6) is -12.4. The van der Waals surface area contributed by atoms with Crippen molar-refractivity contribution in [1.82, 2.24) is 35.1 Å². The maximum Gasteiger partial charge on any atom is 0.335 e. The number of aromatic nitrogens is 2. The quantitative estimate of drug-likeness (QED) is 0.102. The van der Waals surface area contributed by atoms with E-state index in [0.29, 0.717) is 11.6 Å². The lowest BCUT2D eigenvalue weighted by molar-refractivity contribution is -0.162. The van der Waals surface area contributed by atoms with Gasteiger partial charge in [-0.25, -0.2) is 36.6 Å². The summed E-state index contributed by atoms with van der Waals surface area (Å²) in [7, 11) is -5.22. The van der Waals surface area contributed by atoms with Crippen molar-refractivity contribution >= 4 is 68.9 Å². The van der Waals surface area contributed by atoms with Crippen LogP contribution in [0.3, 0.4) is 0 Å². The topological polar surface area (TPSA) is 295 Å². The van der Waals surface area contributed by atoms with Crippen LogP contribution < -0.4 is 21.1 Å². The lowest BCUT2D eigenvalue weighted by atomic mass is 9.96. The summed E-state index contributed by atoms with van der Waals surface area (Å²) < 4.78 is 60.8. The van der Waals surface area contributed by atoms with Gasteiger partial charge in [0.25, 0.3) is 21.8 Å². The van der Waals surface area contributed by atoms with E-state index >= 15 is 0 Å². The number of ether oxygens (including phenoxy) is 1. The molecule has 2 heterocycles. The summed E-state index contributed by atoms with van der Waals surface area (Å²) in [6.07, 6.45) is -2.59. The van der Waals surface area contributed by atoms with Crippen molar-refractivity contribution in [3.05, 3.63) is 89.0 Å². The molecule has 1 aliphatic heterocycles. The molecule has 1 aliphatic rings. The zero-order valence-corrected chi connectivity index (χ0v) is 38.3. The molecule has 24 heteroatoms. The monoisotopic (exact) mass is 976 g/mol. The highest BCUT2D eigenvalue weighted by molar-refractivity contribution is 7.90. The van der Waals surface area contributed by atoms with Gasteiger partial charge in [0.1, 0.15) is 28.7 Å². The van der Waals surface area contributed by atoms with E-state index in [4.69, 9.17) is 22.1 Å². The zero-order chi connectivity index (χ0) is 49.7. The number of rotatable bonds is 20. The highest BCUT2D eigenvalue weighted by atomic mass is 35.5. The molecule has 3 aromatic rings. The number of benzene rings is 2. The summed E-state index contributed by atoms with van der Waals surface area (Å²) in [6.45, 7) is 6.44. The third-order valence-electron chi connectivity index (χ3n) is 10.5. The molecule has 0 saturated carbocycles. The Hall–Kier alpha value is -6.30. The molecule has 1 fully saturated rings. The molecule has 7 amide bonds. The first-order valence-electron chi connectivity index (χ1n) is 20.9. The number of carboxylic acid groups (broad SMARTS) is 1. The number of halogens is 3. The number of alkyl halides is 2. The number of hydrogen-bond donors (Lipinski definition) is 5. The number of carbonyl (C=O) groups excluding carboxylic acids is 7. The number of sulfonamides is 1. The maximum absolute atomic E-state index is 14.8. The SMILES string of the molecule is CC[C@H](C)[C@H](NC(=O)[C@H](CC(C)C)NC(=O)c1cnccn1)C(=O)N1C[C@H](OCc2ccccc2)C[C@H]1C(=O)N(C(=O)C[C@H](N)CC(F)F)C(=O)C(=O)NS(=O)(=O)c1cc(C(=O)O)ccc1Cl. The fraction of sp³-hybridized carbons (Fsp3) is 0.442. The van der Waals surface area contributed by atoms with Crippen LogP contribution in [0.25, 0.3) is 0 Å². The molecule has 20 nitrogen and oxygen atoms in total. The third-order valence-corrected chi connectivity index (χ3v) is 12.4. The minimum atomic E-state index is -5.22. The van der Waals surface area contributed by atoms with Gasteiger partial charge in [-0.1, -0.05) is 76.0 Å². The second-order valence-corrected chi connectivity index (χ2v) is 18.2. The van der Waals surface area contributed by atoms with E-state index in [9.17, 15) is 60.7 Å². The Morgan fingerprint density at radius 3 is 2.28 bits per heavy atom. The Balaban J connectivity index is 1.75. The maximum atomic E-state index is 14.8. The van der Waals surface area contributed by atoms with Gasteiger partial charge >= 0.3 is 17.8 Å². The van der Waals surface area contributed by atoms with E-state index in [2.05, 4.69) is 20.6 Å². The van der Waals surface area contributed by atoms with Crippen molar-refractivity contribution in [1.29, 1.82) is 0 Å². The number of likely N-dealkylation sites (tertiary alicyclic amines) is 1. The van der Waals surface area contributed by atoms with Gasteiger partial charge in [0.05, 0.1) is 29.5 Å². The molecule has 1 aromatic heterocycles. The summed E-state index contributed by atoms with van der Waals surface area (Å²) in [4.78, 5) is 117. The van der Waals surface area contributed by atoms with E-state index in [0.717, 1.165) is 17.0 Å². The number of carbonyl (C=O) groups is 8. The molecule has 2 aromatic carbocycles. The smallest absolute Gasteiger partial charge is 0.335 e. The highest BCUT2D eigenvalue weighted by Gasteiger charge is 2.49. The first-order chi connectivity index (χ1) is 31.5. The number of imide groups is 3. The lowest BCUT2D eigenvalue weighted by Crippen LogP contribution is -2.60. The minimum Gasteiger partial charge on any atom is -0.478 e. The number of amides is 7. The number of nitrogens with one attached hydrogen (secondary N) is 3. The Morgan fingerprint density at radius 2 is 1.69 bits per heavy atom. The van der Waals surface area contributed by atoms with Crippen LogP contribution >= 0.6 is 11.6 Å². The van der Waals surface area contributed by atoms with E-state index in [-0.39, 0.29) is 36.0 Å². The fourth-order valence-electron chi connectivity index (χ4n) is 6.93. The van der Waals surface area contributed by atoms with Gasteiger partial charge < -0.3 is 31.1 Å². The van der Waals surface area contributed by atoms with Crippen molar-refractivity contribution in [2.45, 2.75) is 108 Å². The molecule has 6 atom stereocenters. The fourth-order valence-corrected chi connectivity index (χ4v) is 8.40. The first-order valence-corrected chi connectivity index (χ1v) is 22.8. The van der Waals surface area contributed by atoms with Crippen molar-refractivity contribution in [3.63, 3.8) is 0 Å². The van der Waals surface area contributed by atoms with Gasteiger partial charge in [0, 0.05) is 44.2 Å². The summed E-state index contributed by atoms with van der Waals surface area (Å²) in [5, 5.41) is 14.1. The Labute approximate surface area is 389 Å². The number of hydrogen-bond acceptors (Lipinski definition) is 14.